The number of carbonyl (C=O) groups excluding carboxylic acids is 1. The number of para-hydroxylation sites is 2. The third-order valence-corrected chi connectivity index (χ3v) is 6.60. The predicted octanol–water partition coefficient (Wildman–Crippen LogP) is 5.18. The fourth-order valence-corrected chi connectivity index (χ4v) is 4.87. The van der Waals surface area contributed by atoms with E-state index in [1.165, 1.54) is 0 Å². The molecule has 0 N–H and O–H groups in total. The summed E-state index contributed by atoms with van der Waals surface area (Å²) in [5.74, 6) is 1.75. The molecule has 0 spiro atoms. The van der Waals surface area contributed by atoms with Crippen LogP contribution in [-0.4, -0.2) is 40.7 Å². The summed E-state index contributed by atoms with van der Waals surface area (Å²) in [6, 6.07) is 21.5. The van der Waals surface area contributed by atoms with E-state index in [9.17, 15) is 4.79 Å². The van der Waals surface area contributed by atoms with Crippen LogP contribution in [0.5, 0.6) is 5.75 Å². The molecule has 2 aromatic heterocycles. The number of anilines is 1. The van der Waals surface area contributed by atoms with Gasteiger partial charge in [-0.05, 0) is 42.1 Å². The highest BCUT2D eigenvalue weighted by Crippen LogP contribution is 2.39. The van der Waals surface area contributed by atoms with Gasteiger partial charge in [-0.3, -0.25) is 14.6 Å². The molecule has 0 aliphatic carbocycles. The van der Waals surface area contributed by atoms with E-state index < -0.39 is 0 Å². The van der Waals surface area contributed by atoms with Gasteiger partial charge in [0.15, 0.2) is 0 Å². The lowest BCUT2D eigenvalue weighted by molar-refractivity contribution is -0.120. The number of nitrogens with zero attached hydrogens (tertiary/aromatic N) is 4. The molecule has 0 radical (unpaired) electrons. The maximum Gasteiger partial charge on any atom is 0.257 e. The summed E-state index contributed by atoms with van der Waals surface area (Å²) in [6.07, 6.45) is 0.904. The van der Waals surface area contributed by atoms with Crippen molar-refractivity contribution in [2.45, 2.75) is 25.9 Å². The maximum atomic E-state index is 13.8. The minimum Gasteiger partial charge on any atom is -0.489 e. The standard InChI is InChI=1S/C26H26N4O3S/c1-2-14-29(16-24-27-28-26(33-24)23-13-8-15-34-23)17-25(31)30-20-11-6-7-12-22(20)32-18-21(30)19-9-4-3-5-10-19/h3-13,15,21H,2,14,16-18H2,1H3. The highest BCUT2D eigenvalue weighted by molar-refractivity contribution is 7.13. The van der Waals surface area contributed by atoms with Crippen molar-refractivity contribution in [3.05, 3.63) is 83.6 Å². The molecule has 174 valence electrons. The highest BCUT2D eigenvalue weighted by atomic mass is 32.1. The van der Waals surface area contributed by atoms with E-state index in [1.54, 1.807) is 11.3 Å². The van der Waals surface area contributed by atoms with Crippen LogP contribution in [0.25, 0.3) is 10.8 Å². The Kier molecular flexibility index (Phi) is 6.69. The van der Waals surface area contributed by atoms with Crippen molar-refractivity contribution in [1.29, 1.82) is 0 Å². The van der Waals surface area contributed by atoms with Gasteiger partial charge in [0.05, 0.1) is 29.7 Å². The van der Waals surface area contributed by atoms with Crippen molar-refractivity contribution >= 4 is 22.9 Å². The third-order valence-electron chi connectivity index (χ3n) is 5.74. The molecular weight excluding hydrogens is 448 g/mol. The topological polar surface area (TPSA) is 71.7 Å². The average molecular weight is 475 g/mol. The number of hydrogen-bond donors (Lipinski definition) is 0. The average Bonchev–Trinajstić information content (AvgIpc) is 3.56. The molecule has 0 fully saturated rings. The van der Waals surface area contributed by atoms with Crippen molar-refractivity contribution < 1.29 is 13.9 Å². The molecule has 0 saturated heterocycles. The lowest BCUT2D eigenvalue weighted by atomic mass is 10.0. The summed E-state index contributed by atoms with van der Waals surface area (Å²) in [6.45, 7) is 3.90. The van der Waals surface area contributed by atoms with Gasteiger partial charge in [-0.25, -0.2) is 0 Å². The van der Waals surface area contributed by atoms with Crippen molar-refractivity contribution in [2.75, 3.05) is 24.6 Å². The number of carbonyl (C=O) groups is 1. The van der Waals surface area contributed by atoms with Crippen LogP contribution in [-0.2, 0) is 11.3 Å². The quantitative estimate of drug-likeness (QED) is 0.351. The van der Waals surface area contributed by atoms with Crippen molar-refractivity contribution in [3.63, 3.8) is 0 Å². The first kappa shape index (κ1) is 22.3. The van der Waals surface area contributed by atoms with Crippen LogP contribution in [0.15, 0.2) is 76.5 Å². The molecule has 3 heterocycles. The Bertz CT molecular complexity index is 1230. The lowest BCUT2D eigenvalue weighted by Gasteiger charge is -2.38. The van der Waals surface area contributed by atoms with E-state index >= 15 is 0 Å². The Labute approximate surface area is 202 Å². The van der Waals surface area contributed by atoms with Gasteiger partial charge in [-0.1, -0.05) is 55.5 Å². The summed E-state index contributed by atoms with van der Waals surface area (Å²) in [7, 11) is 0. The number of rotatable bonds is 8. The van der Waals surface area contributed by atoms with E-state index in [-0.39, 0.29) is 18.5 Å². The van der Waals surface area contributed by atoms with E-state index in [2.05, 4.69) is 22.0 Å². The summed E-state index contributed by atoms with van der Waals surface area (Å²) < 4.78 is 11.9. The van der Waals surface area contributed by atoms with Crippen molar-refractivity contribution in [1.82, 2.24) is 15.1 Å². The Morgan fingerprint density at radius 2 is 1.91 bits per heavy atom. The zero-order valence-electron chi connectivity index (χ0n) is 19.0. The first-order valence-corrected chi connectivity index (χ1v) is 12.3. The van der Waals surface area contributed by atoms with Crippen LogP contribution in [0.1, 0.15) is 30.8 Å². The Balaban J connectivity index is 1.38. The summed E-state index contributed by atoms with van der Waals surface area (Å²) in [5, 5.41) is 10.4. The predicted molar refractivity (Wildman–Crippen MR) is 132 cm³/mol. The summed E-state index contributed by atoms with van der Waals surface area (Å²) in [5.41, 5.74) is 1.84. The van der Waals surface area contributed by atoms with Crippen LogP contribution >= 0.6 is 11.3 Å². The lowest BCUT2D eigenvalue weighted by Crippen LogP contribution is -2.46. The molecule has 2 aromatic carbocycles. The summed E-state index contributed by atoms with van der Waals surface area (Å²) >= 11 is 1.56. The Morgan fingerprint density at radius 1 is 1.09 bits per heavy atom. The largest absolute Gasteiger partial charge is 0.489 e. The SMILES string of the molecule is CCCN(CC(=O)N1c2ccccc2OCC1c1ccccc1)Cc1nnc(-c2cccs2)o1. The Morgan fingerprint density at radius 3 is 2.71 bits per heavy atom. The number of fused-ring (bicyclic) bond motifs is 1. The van der Waals surface area contributed by atoms with Gasteiger partial charge in [0, 0.05) is 0 Å². The van der Waals surface area contributed by atoms with Crippen LogP contribution in [0, 0.1) is 0 Å². The van der Waals surface area contributed by atoms with Gasteiger partial charge in [-0.2, -0.15) is 0 Å². The molecule has 1 aliphatic rings. The molecule has 4 aromatic rings. The van der Waals surface area contributed by atoms with E-state index in [1.807, 2.05) is 77.0 Å². The molecule has 0 bridgehead atoms. The van der Waals surface area contributed by atoms with Gasteiger partial charge >= 0.3 is 0 Å². The number of ether oxygens (including phenoxy) is 1. The second kappa shape index (κ2) is 10.2. The van der Waals surface area contributed by atoms with Gasteiger partial charge in [-0.15, -0.1) is 21.5 Å². The van der Waals surface area contributed by atoms with Gasteiger partial charge in [0.1, 0.15) is 12.4 Å². The molecule has 8 heteroatoms. The number of thiophene rings is 1. The minimum absolute atomic E-state index is 0.0102. The van der Waals surface area contributed by atoms with Crippen LogP contribution in [0.3, 0.4) is 0 Å². The molecule has 0 saturated carbocycles. The molecular formula is C26H26N4O3S. The number of amides is 1. The van der Waals surface area contributed by atoms with E-state index in [0.717, 1.165) is 34.8 Å². The molecule has 1 aliphatic heterocycles. The molecule has 1 atom stereocenters. The van der Waals surface area contributed by atoms with Gasteiger partial charge < -0.3 is 9.15 Å². The van der Waals surface area contributed by atoms with Crippen molar-refractivity contribution in [3.8, 4) is 16.5 Å². The fraction of sp³-hybridized carbons (Fsp3) is 0.269. The first-order valence-electron chi connectivity index (χ1n) is 11.4. The van der Waals surface area contributed by atoms with Crippen LogP contribution < -0.4 is 9.64 Å². The molecule has 5 rings (SSSR count). The van der Waals surface area contributed by atoms with Gasteiger partial charge in [0.2, 0.25) is 11.8 Å². The molecule has 1 amide bonds. The second-order valence-electron chi connectivity index (χ2n) is 8.16. The zero-order valence-corrected chi connectivity index (χ0v) is 19.8. The smallest absolute Gasteiger partial charge is 0.257 e. The molecule has 1 unspecified atom stereocenters. The summed E-state index contributed by atoms with van der Waals surface area (Å²) in [4.78, 5) is 18.7. The van der Waals surface area contributed by atoms with Crippen molar-refractivity contribution in [2.24, 2.45) is 0 Å². The van der Waals surface area contributed by atoms with Crippen LogP contribution in [0.2, 0.25) is 0 Å². The minimum atomic E-state index is -0.194. The molecule has 7 nitrogen and oxygen atoms in total. The first-order chi connectivity index (χ1) is 16.7. The fourth-order valence-electron chi connectivity index (χ4n) is 4.22. The Hall–Kier alpha value is -3.49. The second-order valence-corrected chi connectivity index (χ2v) is 9.11. The van der Waals surface area contributed by atoms with E-state index in [0.29, 0.717) is 24.9 Å². The maximum absolute atomic E-state index is 13.8. The zero-order chi connectivity index (χ0) is 23.3. The number of aromatic nitrogens is 2. The van der Waals surface area contributed by atoms with Crippen LogP contribution in [0.4, 0.5) is 5.69 Å². The number of benzene rings is 2. The third kappa shape index (κ3) is 4.73. The van der Waals surface area contributed by atoms with Gasteiger partial charge in [0.25, 0.3) is 5.89 Å². The highest BCUT2D eigenvalue weighted by Gasteiger charge is 2.34. The monoisotopic (exact) mass is 474 g/mol. The molecule has 34 heavy (non-hydrogen) atoms. The van der Waals surface area contributed by atoms with E-state index in [4.69, 9.17) is 9.15 Å². The number of hydrogen-bond acceptors (Lipinski definition) is 7. The normalized spacial score (nSPS) is 15.2.